The van der Waals surface area contributed by atoms with Gasteiger partial charge in [-0.1, -0.05) is 30.3 Å². The second kappa shape index (κ2) is 4.97. The van der Waals surface area contributed by atoms with E-state index in [1.165, 1.54) is 6.42 Å². The van der Waals surface area contributed by atoms with Crippen molar-refractivity contribution in [3.8, 4) is 0 Å². The summed E-state index contributed by atoms with van der Waals surface area (Å²) in [5, 5.41) is 3.49. The van der Waals surface area contributed by atoms with E-state index < -0.39 is 0 Å². The number of benzene rings is 1. The molecule has 1 aromatic heterocycles. The normalized spacial score (nSPS) is 23.5. The lowest BCUT2D eigenvalue weighted by molar-refractivity contribution is 0.103. The van der Waals surface area contributed by atoms with E-state index in [1.54, 1.807) is 6.20 Å². The summed E-state index contributed by atoms with van der Waals surface area (Å²) in [7, 11) is 0. The smallest absolute Gasteiger partial charge is 0.194 e. The van der Waals surface area contributed by atoms with Crippen molar-refractivity contribution in [3.63, 3.8) is 0 Å². The summed E-state index contributed by atoms with van der Waals surface area (Å²) in [4.78, 5) is 19.1. The van der Waals surface area contributed by atoms with Crippen molar-refractivity contribution in [2.75, 3.05) is 18.0 Å². The third-order valence-corrected chi connectivity index (χ3v) is 4.41. The van der Waals surface area contributed by atoms with Gasteiger partial charge in [0.25, 0.3) is 0 Å². The van der Waals surface area contributed by atoms with Crippen LogP contribution in [0.15, 0.2) is 48.8 Å². The van der Waals surface area contributed by atoms with E-state index in [4.69, 9.17) is 0 Å². The van der Waals surface area contributed by atoms with E-state index in [9.17, 15) is 4.79 Å². The molecular formula is C17H17N3O. The molecule has 4 nitrogen and oxygen atoms in total. The summed E-state index contributed by atoms with van der Waals surface area (Å²) in [6.07, 6.45) is 4.71. The zero-order chi connectivity index (χ0) is 14.2. The number of carbonyl (C=O) groups excluding carboxylic acids is 1. The first-order valence-corrected chi connectivity index (χ1v) is 7.36. The fourth-order valence-corrected chi connectivity index (χ4v) is 3.34. The van der Waals surface area contributed by atoms with Crippen LogP contribution in [0.3, 0.4) is 0 Å². The lowest BCUT2D eigenvalue weighted by Gasteiger charge is -2.29. The Labute approximate surface area is 123 Å². The molecule has 2 atom stereocenters. The Balaban J connectivity index is 1.63. The second-order valence-electron chi connectivity index (χ2n) is 5.77. The average Bonchev–Trinajstić information content (AvgIpc) is 3.18. The van der Waals surface area contributed by atoms with E-state index in [0.717, 1.165) is 18.8 Å². The minimum absolute atomic E-state index is 0.0347. The number of hydrogen-bond donors (Lipinski definition) is 1. The molecule has 3 heterocycles. The van der Waals surface area contributed by atoms with Crippen molar-refractivity contribution in [2.24, 2.45) is 0 Å². The minimum atomic E-state index is 0.0347. The number of aromatic nitrogens is 1. The van der Waals surface area contributed by atoms with E-state index in [1.807, 2.05) is 42.6 Å². The van der Waals surface area contributed by atoms with Gasteiger partial charge in [-0.15, -0.1) is 0 Å². The van der Waals surface area contributed by atoms with Crippen LogP contribution < -0.4 is 10.2 Å². The highest BCUT2D eigenvalue weighted by atomic mass is 16.1. The highest BCUT2D eigenvalue weighted by molar-refractivity contribution is 6.09. The zero-order valence-corrected chi connectivity index (χ0v) is 11.7. The Morgan fingerprint density at radius 3 is 2.76 bits per heavy atom. The number of nitrogens with one attached hydrogen (secondary N) is 1. The molecule has 0 aliphatic carbocycles. The van der Waals surface area contributed by atoms with Crippen LogP contribution in [-0.4, -0.2) is 35.9 Å². The first-order chi connectivity index (χ1) is 10.3. The summed E-state index contributed by atoms with van der Waals surface area (Å²) in [6, 6.07) is 12.5. The van der Waals surface area contributed by atoms with E-state index in [-0.39, 0.29) is 5.78 Å². The van der Waals surface area contributed by atoms with Crippen LogP contribution in [0, 0.1) is 0 Å². The number of rotatable bonds is 3. The Kier molecular flexibility index (Phi) is 2.97. The summed E-state index contributed by atoms with van der Waals surface area (Å²) >= 11 is 0. The van der Waals surface area contributed by atoms with Gasteiger partial charge in [0.15, 0.2) is 5.78 Å². The Bertz CT molecular complexity index is 671. The third-order valence-electron chi connectivity index (χ3n) is 4.41. The number of anilines is 1. The summed E-state index contributed by atoms with van der Waals surface area (Å²) < 4.78 is 0. The molecule has 106 valence electrons. The highest BCUT2D eigenvalue weighted by Gasteiger charge is 2.37. The highest BCUT2D eigenvalue weighted by Crippen LogP contribution is 2.29. The molecular weight excluding hydrogens is 262 g/mol. The molecule has 4 rings (SSSR count). The number of pyridine rings is 1. The number of hydrogen-bond acceptors (Lipinski definition) is 4. The molecule has 0 saturated carbocycles. The van der Waals surface area contributed by atoms with Crippen LogP contribution >= 0.6 is 0 Å². The molecule has 2 saturated heterocycles. The third kappa shape index (κ3) is 2.21. The molecule has 0 amide bonds. The summed E-state index contributed by atoms with van der Waals surface area (Å²) in [5.74, 6) is 0.0347. The van der Waals surface area contributed by atoms with Crippen LogP contribution in [0.4, 0.5) is 5.69 Å². The molecule has 2 aliphatic heterocycles. The predicted octanol–water partition coefficient (Wildman–Crippen LogP) is 1.86. The second-order valence-corrected chi connectivity index (χ2v) is 5.77. The number of ketones is 1. The van der Waals surface area contributed by atoms with Crippen molar-refractivity contribution in [1.82, 2.24) is 10.3 Å². The SMILES string of the molecule is O=C(c1ccccc1)c1cncc(N2CC3CC2CN3)c1. The molecule has 2 fully saturated rings. The van der Waals surface area contributed by atoms with Gasteiger partial charge in [-0.05, 0) is 12.5 Å². The van der Waals surface area contributed by atoms with Crippen molar-refractivity contribution >= 4 is 11.5 Å². The van der Waals surface area contributed by atoms with Crippen molar-refractivity contribution in [2.45, 2.75) is 18.5 Å². The Morgan fingerprint density at radius 2 is 2.05 bits per heavy atom. The van der Waals surface area contributed by atoms with Gasteiger partial charge in [0.05, 0.1) is 11.9 Å². The molecule has 1 aromatic carbocycles. The van der Waals surface area contributed by atoms with E-state index in [2.05, 4.69) is 15.2 Å². The molecule has 2 aromatic rings. The standard InChI is InChI=1S/C17H17N3O/c21-17(12-4-2-1-3-5-12)13-6-15(9-18-8-13)20-11-14-7-16(20)10-19-14/h1-6,8-9,14,16,19H,7,10-11H2. The van der Waals surface area contributed by atoms with Gasteiger partial charge >= 0.3 is 0 Å². The maximum atomic E-state index is 12.5. The number of piperazine rings is 1. The lowest BCUT2D eigenvalue weighted by atomic mass is 10.0. The fourth-order valence-electron chi connectivity index (χ4n) is 3.34. The molecule has 0 radical (unpaired) electrons. The van der Waals surface area contributed by atoms with Crippen LogP contribution in [-0.2, 0) is 0 Å². The van der Waals surface area contributed by atoms with Crippen molar-refractivity contribution in [3.05, 3.63) is 59.9 Å². The van der Waals surface area contributed by atoms with Crippen LogP contribution in [0.25, 0.3) is 0 Å². The zero-order valence-electron chi connectivity index (χ0n) is 11.7. The Morgan fingerprint density at radius 1 is 1.19 bits per heavy atom. The van der Waals surface area contributed by atoms with E-state index in [0.29, 0.717) is 23.2 Å². The molecule has 1 N–H and O–H groups in total. The predicted molar refractivity (Wildman–Crippen MR) is 81.7 cm³/mol. The molecule has 0 spiro atoms. The quantitative estimate of drug-likeness (QED) is 0.871. The average molecular weight is 279 g/mol. The summed E-state index contributed by atoms with van der Waals surface area (Å²) in [6.45, 7) is 2.04. The van der Waals surface area contributed by atoms with Gasteiger partial charge in [-0.2, -0.15) is 0 Å². The topological polar surface area (TPSA) is 45.2 Å². The van der Waals surface area contributed by atoms with Crippen molar-refractivity contribution in [1.29, 1.82) is 0 Å². The maximum Gasteiger partial charge on any atom is 0.194 e. The monoisotopic (exact) mass is 279 g/mol. The molecule has 21 heavy (non-hydrogen) atoms. The van der Waals surface area contributed by atoms with Gasteiger partial charge in [-0.25, -0.2) is 0 Å². The number of nitrogens with zero attached hydrogens (tertiary/aromatic N) is 2. The van der Waals surface area contributed by atoms with Gasteiger partial charge in [0.2, 0.25) is 0 Å². The van der Waals surface area contributed by atoms with Gasteiger partial charge in [-0.3, -0.25) is 9.78 Å². The van der Waals surface area contributed by atoms with Crippen LogP contribution in [0.5, 0.6) is 0 Å². The molecule has 2 unspecified atom stereocenters. The van der Waals surface area contributed by atoms with Gasteiger partial charge in [0, 0.05) is 42.5 Å². The van der Waals surface area contributed by atoms with E-state index >= 15 is 0 Å². The molecule has 2 bridgehead atoms. The largest absolute Gasteiger partial charge is 0.364 e. The number of carbonyl (C=O) groups is 1. The van der Waals surface area contributed by atoms with Gasteiger partial charge in [0.1, 0.15) is 0 Å². The fraction of sp³-hybridized carbons (Fsp3) is 0.294. The number of fused-ring (bicyclic) bond motifs is 2. The van der Waals surface area contributed by atoms with Crippen LogP contribution in [0.1, 0.15) is 22.3 Å². The molecule has 4 heteroatoms. The molecule has 2 aliphatic rings. The Hall–Kier alpha value is -2.20. The summed E-state index contributed by atoms with van der Waals surface area (Å²) in [5.41, 5.74) is 2.43. The minimum Gasteiger partial charge on any atom is -0.364 e. The van der Waals surface area contributed by atoms with Gasteiger partial charge < -0.3 is 10.2 Å². The first-order valence-electron chi connectivity index (χ1n) is 7.36. The maximum absolute atomic E-state index is 12.5. The van der Waals surface area contributed by atoms with Crippen LogP contribution in [0.2, 0.25) is 0 Å². The lowest BCUT2D eigenvalue weighted by Crippen LogP contribution is -2.43. The first kappa shape index (κ1) is 12.5. The van der Waals surface area contributed by atoms with Crippen molar-refractivity contribution < 1.29 is 4.79 Å².